The molecule has 15 heteroatoms. The number of carbonyl (C=O) groups excluding carboxylic acids is 2. The third-order valence-electron chi connectivity index (χ3n) is 6.07. The molecule has 1 aromatic carbocycles. The number of halogens is 3. The Kier molecular flexibility index (Phi) is 6.03. The molecule has 198 valence electrons. The predicted molar refractivity (Wildman–Crippen MR) is 126 cm³/mol. The van der Waals surface area contributed by atoms with Crippen molar-refractivity contribution in [2.45, 2.75) is 24.8 Å². The fraction of sp³-hybridized carbons (Fsp3) is 0.261. The highest BCUT2D eigenvalue weighted by atomic mass is 19.4. The minimum Gasteiger partial charge on any atom is -0.380 e. The van der Waals surface area contributed by atoms with Crippen LogP contribution in [0.2, 0.25) is 0 Å². The van der Waals surface area contributed by atoms with Gasteiger partial charge in [-0.05, 0) is 31.2 Å². The number of anilines is 3. The number of hydrogen-bond donors (Lipinski definition) is 3. The van der Waals surface area contributed by atoms with Gasteiger partial charge < -0.3 is 25.4 Å². The summed E-state index contributed by atoms with van der Waals surface area (Å²) in [4.78, 5) is 30.7. The molecule has 5 rings (SSSR count). The number of ether oxygens (including phenoxy) is 1. The van der Waals surface area contributed by atoms with Gasteiger partial charge in [-0.1, -0.05) is 5.16 Å². The number of amides is 2. The van der Waals surface area contributed by atoms with E-state index in [1.807, 2.05) is 0 Å². The fourth-order valence-corrected chi connectivity index (χ4v) is 4.01. The molecule has 1 saturated heterocycles. The average molecular weight is 531 g/mol. The second-order valence-corrected chi connectivity index (χ2v) is 8.60. The van der Waals surface area contributed by atoms with Crippen molar-refractivity contribution < 1.29 is 37.1 Å². The van der Waals surface area contributed by atoms with E-state index in [0.29, 0.717) is 11.0 Å². The lowest BCUT2D eigenvalue weighted by Crippen LogP contribution is -2.63. The van der Waals surface area contributed by atoms with Crippen LogP contribution in [-0.2, 0) is 20.5 Å². The molecule has 4 aromatic rings. The zero-order chi connectivity index (χ0) is 27.2. The number of pyridine rings is 1. The lowest BCUT2D eigenvalue weighted by Gasteiger charge is -2.40. The van der Waals surface area contributed by atoms with Crippen molar-refractivity contribution >= 4 is 40.1 Å². The number of nitrogens with zero attached hydrogens (tertiary/aromatic N) is 5. The Balaban J connectivity index is 1.34. The average Bonchev–Trinajstić information content (AvgIpc) is 3.52. The maximum atomic E-state index is 13.4. The van der Waals surface area contributed by atoms with E-state index in [1.165, 1.54) is 42.3 Å². The van der Waals surface area contributed by atoms with Crippen LogP contribution in [0.15, 0.2) is 53.3 Å². The number of nitrogens with one attached hydrogen (secondary N) is 1. The molecule has 0 bridgehead atoms. The molecule has 0 spiro atoms. The number of aromatic nitrogens is 4. The Bertz CT molecular complexity index is 1540. The first kappa shape index (κ1) is 25.2. The second kappa shape index (κ2) is 9.11. The summed E-state index contributed by atoms with van der Waals surface area (Å²) in [6.45, 7) is 1.26. The van der Waals surface area contributed by atoms with Gasteiger partial charge in [0.15, 0.2) is 28.9 Å². The van der Waals surface area contributed by atoms with Crippen LogP contribution in [-0.4, -0.2) is 61.7 Å². The van der Waals surface area contributed by atoms with Crippen LogP contribution < -0.4 is 16.0 Å². The lowest BCUT2D eigenvalue weighted by atomic mass is 9.94. The van der Waals surface area contributed by atoms with Gasteiger partial charge in [0.25, 0.3) is 11.8 Å². The van der Waals surface area contributed by atoms with Crippen molar-refractivity contribution in [2.24, 2.45) is 0 Å². The molecule has 38 heavy (non-hydrogen) atoms. The first-order valence-corrected chi connectivity index (χ1v) is 11.2. The molecule has 1 aliphatic heterocycles. The molecule has 0 radical (unpaired) electrons. The van der Waals surface area contributed by atoms with Crippen molar-refractivity contribution in [2.75, 3.05) is 29.1 Å². The maximum absolute atomic E-state index is 13.4. The topological polar surface area (TPSA) is 162 Å². The molecule has 2 amide bonds. The van der Waals surface area contributed by atoms with Crippen molar-refractivity contribution in [1.29, 1.82) is 0 Å². The summed E-state index contributed by atoms with van der Waals surface area (Å²) in [6, 6.07) is 8.12. The van der Waals surface area contributed by atoms with Gasteiger partial charge >= 0.3 is 6.18 Å². The molecule has 12 nitrogen and oxygen atoms in total. The van der Waals surface area contributed by atoms with Gasteiger partial charge in [0.05, 0.1) is 24.2 Å². The summed E-state index contributed by atoms with van der Waals surface area (Å²) in [6.07, 6.45) is -4.19. The summed E-state index contributed by atoms with van der Waals surface area (Å²) < 4.78 is 50.9. The minimum atomic E-state index is -4.64. The quantitative estimate of drug-likeness (QED) is 0.350. The van der Waals surface area contributed by atoms with Gasteiger partial charge in [0, 0.05) is 30.2 Å². The number of aliphatic hydroxyl groups excluding tert-OH is 1. The number of benzene rings is 1. The molecule has 4 N–H and O–H groups in total. The highest BCUT2D eigenvalue weighted by Gasteiger charge is 2.51. The number of hydrogen-bond acceptors (Lipinski definition) is 9. The van der Waals surface area contributed by atoms with Gasteiger partial charge in [-0.25, -0.2) is 4.68 Å². The lowest BCUT2D eigenvalue weighted by molar-refractivity contribution is -0.170. The number of rotatable bonds is 5. The van der Waals surface area contributed by atoms with Gasteiger partial charge in [-0.2, -0.15) is 13.2 Å². The molecular weight excluding hydrogens is 511 g/mol. The van der Waals surface area contributed by atoms with Crippen molar-refractivity contribution in [3.63, 3.8) is 0 Å². The molecule has 1 unspecified atom stereocenters. The second-order valence-electron chi connectivity index (χ2n) is 8.60. The van der Waals surface area contributed by atoms with Gasteiger partial charge in [0.1, 0.15) is 5.69 Å². The van der Waals surface area contributed by atoms with Gasteiger partial charge in [-0.15, -0.1) is 5.10 Å². The number of fused-ring (bicyclic) bond motifs is 1. The molecule has 0 saturated carbocycles. The minimum absolute atomic E-state index is 0.0352. The van der Waals surface area contributed by atoms with E-state index in [2.05, 4.69) is 20.6 Å². The maximum Gasteiger partial charge on any atom is 0.433 e. The predicted octanol–water partition coefficient (Wildman–Crippen LogP) is 2.13. The summed E-state index contributed by atoms with van der Waals surface area (Å²) >= 11 is 0. The molecule has 1 aliphatic rings. The number of aliphatic hydroxyl groups is 1. The van der Waals surface area contributed by atoms with E-state index in [1.54, 1.807) is 6.07 Å². The van der Waals surface area contributed by atoms with Crippen LogP contribution in [0.5, 0.6) is 0 Å². The van der Waals surface area contributed by atoms with E-state index in [4.69, 9.17) is 15.0 Å². The fourth-order valence-electron chi connectivity index (χ4n) is 4.01. The summed E-state index contributed by atoms with van der Waals surface area (Å²) in [7, 11) is 0. The third-order valence-corrected chi connectivity index (χ3v) is 6.07. The summed E-state index contributed by atoms with van der Waals surface area (Å²) in [5.41, 5.74) is 3.25. The van der Waals surface area contributed by atoms with E-state index in [9.17, 15) is 27.9 Å². The van der Waals surface area contributed by atoms with Crippen LogP contribution in [0.4, 0.5) is 30.5 Å². The van der Waals surface area contributed by atoms with Crippen LogP contribution in [0.1, 0.15) is 12.6 Å². The molecule has 3 aromatic heterocycles. The largest absolute Gasteiger partial charge is 0.433 e. The smallest absolute Gasteiger partial charge is 0.380 e. The van der Waals surface area contributed by atoms with Gasteiger partial charge in [-0.3, -0.25) is 19.5 Å². The first-order valence-electron chi connectivity index (χ1n) is 11.2. The molecular formula is C23H20F3N7O5. The van der Waals surface area contributed by atoms with Crippen LogP contribution in [0.25, 0.3) is 16.7 Å². The van der Waals surface area contributed by atoms with E-state index in [0.717, 1.165) is 16.9 Å². The Hall–Kier alpha value is -4.50. The number of nitrogen functional groups attached to an aromatic ring is 1. The Labute approximate surface area is 211 Å². The van der Waals surface area contributed by atoms with Crippen molar-refractivity contribution in [3.05, 3.63) is 54.5 Å². The summed E-state index contributed by atoms with van der Waals surface area (Å²) in [5.74, 6) is -1.41. The summed E-state index contributed by atoms with van der Waals surface area (Å²) in [5, 5.41) is 21.7. The highest BCUT2D eigenvalue weighted by molar-refractivity contribution is 6.06. The number of nitrogens with two attached hydrogens (primary N) is 1. The monoisotopic (exact) mass is 531 g/mol. The number of morpholine rings is 1. The normalized spacial score (nSPS) is 19.1. The first-order chi connectivity index (χ1) is 18.0. The standard InChI is InChI=1S/C23H20F3N7O5/c1-22(18(34)20(35)29-12-2-3-14-15(10-12)38-31-19(14)27)21(36)32(8-9-37-22)17-5-7-33(30-17)13-4-6-28-16(11-13)23(24,25)26/h2-7,10-11,18,34H,8-9H2,1H3,(H2,27,31)(H,29,35)/t18?,22-/m1/s1. The van der Waals surface area contributed by atoms with E-state index in [-0.39, 0.29) is 36.2 Å². The molecule has 0 aliphatic carbocycles. The van der Waals surface area contributed by atoms with E-state index >= 15 is 0 Å². The Morgan fingerprint density at radius 3 is 2.82 bits per heavy atom. The van der Waals surface area contributed by atoms with Crippen molar-refractivity contribution in [1.82, 2.24) is 19.9 Å². The zero-order valence-electron chi connectivity index (χ0n) is 19.6. The molecule has 2 atom stereocenters. The number of alkyl halides is 3. The third kappa shape index (κ3) is 4.41. The van der Waals surface area contributed by atoms with Gasteiger partial charge in [0.2, 0.25) is 0 Å². The Morgan fingerprint density at radius 2 is 2.05 bits per heavy atom. The van der Waals surface area contributed by atoms with Crippen LogP contribution in [0.3, 0.4) is 0 Å². The molecule has 1 fully saturated rings. The molecule has 4 heterocycles. The van der Waals surface area contributed by atoms with Crippen LogP contribution in [0, 0.1) is 0 Å². The zero-order valence-corrected chi connectivity index (χ0v) is 19.6. The number of carbonyl (C=O) groups is 2. The van der Waals surface area contributed by atoms with E-state index < -0.39 is 35.4 Å². The van der Waals surface area contributed by atoms with Crippen LogP contribution >= 0.6 is 0 Å². The Morgan fingerprint density at radius 1 is 1.26 bits per heavy atom. The highest BCUT2D eigenvalue weighted by Crippen LogP contribution is 2.31. The van der Waals surface area contributed by atoms with Crippen molar-refractivity contribution in [3.8, 4) is 5.69 Å². The SMILES string of the molecule is C[C@]1(C(O)C(=O)Nc2ccc3c(N)noc3c2)OCCN(c2ccn(-c3ccnc(C(F)(F)F)c3)n2)C1=O.